The molecular weight excluding hydrogens is 392 g/mol. The molecule has 0 radical (unpaired) electrons. The lowest BCUT2D eigenvalue weighted by Crippen LogP contribution is -2.24. The summed E-state index contributed by atoms with van der Waals surface area (Å²) in [7, 11) is 5.74. The number of hydrogen-bond acceptors (Lipinski definition) is 7. The first-order valence-electron chi connectivity index (χ1n) is 10.6. The molecule has 9 nitrogen and oxygen atoms in total. The molecule has 0 atom stereocenters. The van der Waals surface area contributed by atoms with Crippen molar-refractivity contribution in [3.05, 3.63) is 47.4 Å². The molecule has 0 unspecified atom stereocenters. The molecule has 0 aromatic carbocycles. The van der Waals surface area contributed by atoms with Crippen LogP contribution in [0.5, 0.6) is 0 Å². The average molecular weight is 419 g/mol. The van der Waals surface area contributed by atoms with Crippen molar-refractivity contribution < 1.29 is 4.79 Å². The van der Waals surface area contributed by atoms with E-state index in [-0.39, 0.29) is 5.91 Å². The van der Waals surface area contributed by atoms with E-state index in [0.717, 1.165) is 35.1 Å². The van der Waals surface area contributed by atoms with E-state index < -0.39 is 0 Å². The molecule has 3 aromatic heterocycles. The van der Waals surface area contributed by atoms with E-state index in [1.54, 1.807) is 11.2 Å². The highest BCUT2D eigenvalue weighted by molar-refractivity contribution is 6.10. The SMILES string of the molecule is CNCc1nc(N(C)C)cc2c1CN(c1cccc(-c3nncn3CC3CC3)n1)C2=O. The summed E-state index contributed by atoms with van der Waals surface area (Å²) >= 11 is 0. The second-order valence-corrected chi connectivity index (χ2v) is 8.40. The molecule has 2 aliphatic rings. The molecule has 5 rings (SSSR count). The van der Waals surface area contributed by atoms with Crippen molar-refractivity contribution in [3.8, 4) is 11.5 Å². The zero-order valence-corrected chi connectivity index (χ0v) is 18.0. The van der Waals surface area contributed by atoms with Gasteiger partial charge >= 0.3 is 0 Å². The molecular formula is C22H26N8O. The Balaban J connectivity index is 1.48. The van der Waals surface area contributed by atoms with Gasteiger partial charge in [0.1, 0.15) is 23.7 Å². The first-order valence-corrected chi connectivity index (χ1v) is 10.6. The fourth-order valence-corrected chi connectivity index (χ4v) is 3.94. The molecule has 1 N–H and O–H groups in total. The molecule has 1 aliphatic heterocycles. The number of hydrogen-bond donors (Lipinski definition) is 1. The lowest BCUT2D eigenvalue weighted by atomic mass is 10.1. The number of amides is 1. The maximum absolute atomic E-state index is 13.3. The standard InChI is InChI=1S/C22H26N8O/c1-23-10-18-16-12-30(22(31)15(16)9-20(26-18)28(2)3)19-6-4-5-17(25-19)21-27-24-13-29(21)11-14-7-8-14/h4-6,9,13-14,23H,7-8,10-12H2,1-3H3. The van der Waals surface area contributed by atoms with E-state index >= 15 is 0 Å². The molecule has 0 saturated heterocycles. The van der Waals surface area contributed by atoms with Gasteiger partial charge in [-0.2, -0.15) is 0 Å². The molecule has 0 spiro atoms. The van der Waals surface area contributed by atoms with Gasteiger partial charge in [-0.15, -0.1) is 10.2 Å². The van der Waals surface area contributed by atoms with E-state index in [2.05, 4.69) is 20.1 Å². The molecule has 1 saturated carbocycles. The topological polar surface area (TPSA) is 92.1 Å². The first kappa shape index (κ1) is 19.6. The molecule has 4 heterocycles. The molecule has 160 valence electrons. The van der Waals surface area contributed by atoms with Crippen LogP contribution in [0.4, 0.5) is 11.6 Å². The number of carbonyl (C=O) groups is 1. The summed E-state index contributed by atoms with van der Waals surface area (Å²) in [5, 5.41) is 11.5. The van der Waals surface area contributed by atoms with Crippen LogP contribution in [0.15, 0.2) is 30.6 Å². The van der Waals surface area contributed by atoms with Crippen molar-refractivity contribution in [2.24, 2.45) is 5.92 Å². The number of rotatable bonds is 7. The quantitative estimate of drug-likeness (QED) is 0.628. The Morgan fingerprint density at radius 3 is 2.81 bits per heavy atom. The second-order valence-electron chi connectivity index (χ2n) is 8.40. The minimum Gasteiger partial charge on any atom is -0.363 e. The minimum atomic E-state index is -0.0537. The van der Waals surface area contributed by atoms with Crippen LogP contribution in [-0.2, 0) is 19.6 Å². The number of pyridine rings is 2. The zero-order chi connectivity index (χ0) is 21.5. The maximum atomic E-state index is 13.3. The van der Waals surface area contributed by atoms with Crippen molar-refractivity contribution in [2.45, 2.75) is 32.5 Å². The van der Waals surface area contributed by atoms with Crippen LogP contribution in [0, 0.1) is 5.92 Å². The van der Waals surface area contributed by atoms with Crippen molar-refractivity contribution in [3.63, 3.8) is 0 Å². The third-order valence-electron chi connectivity index (χ3n) is 5.80. The summed E-state index contributed by atoms with van der Waals surface area (Å²) in [6, 6.07) is 7.57. The highest BCUT2D eigenvalue weighted by Crippen LogP contribution is 2.33. The third kappa shape index (κ3) is 3.65. The number of nitrogens with zero attached hydrogens (tertiary/aromatic N) is 7. The van der Waals surface area contributed by atoms with Gasteiger partial charge in [0, 0.05) is 32.7 Å². The molecule has 1 fully saturated rings. The van der Waals surface area contributed by atoms with Crippen LogP contribution >= 0.6 is 0 Å². The summed E-state index contributed by atoms with van der Waals surface area (Å²) in [4.78, 5) is 26.5. The third-order valence-corrected chi connectivity index (χ3v) is 5.80. The number of carbonyl (C=O) groups excluding carboxylic acids is 1. The van der Waals surface area contributed by atoms with Gasteiger partial charge in [-0.05, 0) is 44.0 Å². The number of anilines is 2. The molecule has 31 heavy (non-hydrogen) atoms. The summed E-state index contributed by atoms with van der Waals surface area (Å²) in [5.74, 6) is 2.78. The van der Waals surface area contributed by atoms with Gasteiger partial charge in [-0.3, -0.25) is 9.69 Å². The number of aromatic nitrogens is 5. The minimum absolute atomic E-state index is 0.0537. The van der Waals surface area contributed by atoms with Crippen molar-refractivity contribution >= 4 is 17.5 Å². The lowest BCUT2D eigenvalue weighted by Gasteiger charge is -2.15. The van der Waals surface area contributed by atoms with Crippen LogP contribution in [0.3, 0.4) is 0 Å². The van der Waals surface area contributed by atoms with Gasteiger partial charge in [0.2, 0.25) is 0 Å². The maximum Gasteiger partial charge on any atom is 0.260 e. The highest BCUT2D eigenvalue weighted by atomic mass is 16.2. The Bertz CT molecular complexity index is 1130. The van der Waals surface area contributed by atoms with Crippen LogP contribution < -0.4 is 15.1 Å². The van der Waals surface area contributed by atoms with Crippen LogP contribution in [0.25, 0.3) is 11.5 Å². The smallest absolute Gasteiger partial charge is 0.260 e. The van der Waals surface area contributed by atoms with Crippen molar-refractivity contribution in [1.29, 1.82) is 0 Å². The summed E-state index contributed by atoms with van der Waals surface area (Å²) in [6.45, 7) is 1.97. The molecule has 3 aromatic rings. The predicted octanol–water partition coefficient (Wildman–Crippen LogP) is 2.09. The molecule has 9 heteroatoms. The van der Waals surface area contributed by atoms with Crippen LogP contribution in [0.2, 0.25) is 0 Å². The van der Waals surface area contributed by atoms with E-state index in [1.807, 2.05) is 50.3 Å². The Morgan fingerprint density at radius 1 is 1.23 bits per heavy atom. The van der Waals surface area contributed by atoms with Gasteiger partial charge in [-0.25, -0.2) is 9.97 Å². The molecule has 1 aliphatic carbocycles. The Hall–Kier alpha value is -3.33. The average Bonchev–Trinajstić information content (AvgIpc) is 3.35. The zero-order valence-electron chi connectivity index (χ0n) is 18.0. The predicted molar refractivity (Wildman–Crippen MR) is 118 cm³/mol. The Kier molecular flexibility index (Phi) is 4.90. The van der Waals surface area contributed by atoms with E-state index in [1.165, 1.54) is 12.8 Å². The largest absolute Gasteiger partial charge is 0.363 e. The molecule has 1 amide bonds. The van der Waals surface area contributed by atoms with E-state index in [9.17, 15) is 4.79 Å². The summed E-state index contributed by atoms with van der Waals surface area (Å²) < 4.78 is 2.06. The van der Waals surface area contributed by atoms with Gasteiger partial charge in [0.05, 0.1) is 17.8 Å². The van der Waals surface area contributed by atoms with Gasteiger partial charge in [0.25, 0.3) is 5.91 Å². The van der Waals surface area contributed by atoms with Gasteiger partial charge in [-0.1, -0.05) is 6.07 Å². The summed E-state index contributed by atoms with van der Waals surface area (Å²) in [6.07, 6.45) is 4.27. The van der Waals surface area contributed by atoms with E-state index in [0.29, 0.717) is 30.4 Å². The van der Waals surface area contributed by atoms with Crippen molar-refractivity contribution in [1.82, 2.24) is 30.0 Å². The monoisotopic (exact) mass is 418 g/mol. The molecule has 0 bridgehead atoms. The van der Waals surface area contributed by atoms with Crippen LogP contribution in [-0.4, -0.2) is 51.8 Å². The van der Waals surface area contributed by atoms with Gasteiger partial charge in [0.15, 0.2) is 5.82 Å². The first-order chi connectivity index (χ1) is 15.0. The summed E-state index contributed by atoms with van der Waals surface area (Å²) in [5.41, 5.74) is 3.25. The number of fused-ring (bicyclic) bond motifs is 1. The normalized spacial score (nSPS) is 15.5. The van der Waals surface area contributed by atoms with E-state index in [4.69, 9.17) is 9.97 Å². The van der Waals surface area contributed by atoms with Crippen molar-refractivity contribution in [2.75, 3.05) is 30.9 Å². The van der Waals surface area contributed by atoms with Crippen LogP contribution in [0.1, 0.15) is 34.5 Å². The number of nitrogens with one attached hydrogen (secondary N) is 1. The highest BCUT2D eigenvalue weighted by Gasteiger charge is 2.33. The fourth-order valence-electron chi connectivity index (χ4n) is 3.94. The lowest BCUT2D eigenvalue weighted by molar-refractivity contribution is 0.0996. The Morgan fingerprint density at radius 2 is 2.06 bits per heavy atom. The fraction of sp³-hybridized carbons (Fsp3) is 0.409. The Labute approximate surface area is 181 Å². The second kappa shape index (κ2) is 7.73. The van der Waals surface area contributed by atoms with Gasteiger partial charge < -0.3 is 14.8 Å².